The van der Waals surface area contributed by atoms with E-state index in [1.807, 2.05) is 0 Å². The maximum atomic E-state index is 5.48. The molecule has 1 heterocycles. The molecule has 1 aliphatic heterocycles. The van der Waals surface area contributed by atoms with Gasteiger partial charge in [0, 0.05) is 29.9 Å². The highest BCUT2D eigenvalue weighted by Crippen LogP contribution is 2.34. The molecule has 1 fully saturated rings. The van der Waals surface area contributed by atoms with Gasteiger partial charge in [0.05, 0.1) is 20.3 Å². The summed E-state index contributed by atoms with van der Waals surface area (Å²) in [7, 11) is 1.75. The zero-order valence-corrected chi connectivity index (χ0v) is 10.8. The van der Waals surface area contributed by atoms with Crippen LogP contribution in [0.5, 0.6) is 5.75 Å². The zero-order valence-electron chi connectivity index (χ0n) is 10.8. The molecular formula is C15H19NO2. The van der Waals surface area contributed by atoms with Gasteiger partial charge in [0.2, 0.25) is 0 Å². The number of methoxy groups -OCH3 is 1. The van der Waals surface area contributed by atoms with Gasteiger partial charge in [0.15, 0.2) is 0 Å². The summed E-state index contributed by atoms with van der Waals surface area (Å²) in [6.45, 7) is 3.64. The second kappa shape index (κ2) is 5.02. The van der Waals surface area contributed by atoms with Crippen LogP contribution in [0.3, 0.4) is 0 Å². The summed E-state index contributed by atoms with van der Waals surface area (Å²) in [5.41, 5.74) is 4.05. The van der Waals surface area contributed by atoms with E-state index in [1.54, 1.807) is 7.11 Å². The van der Waals surface area contributed by atoms with Crippen molar-refractivity contribution in [2.75, 3.05) is 33.4 Å². The number of morpholine rings is 1. The van der Waals surface area contributed by atoms with Gasteiger partial charge in [-0.1, -0.05) is 18.2 Å². The van der Waals surface area contributed by atoms with E-state index < -0.39 is 0 Å². The molecule has 0 atom stereocenters. The number of nitrogens with zero attached hydrogens (tertiary/aromatic N) is 1. The molecule has 1 saturated heterocycles. The highest BCUT2D eigenvalue weighted by molar-refractivity contribution is 5.71. The molecule has 3 rings (SSSR count). The van der Waals surface area contributed by atoms with E-state index in [9.17, 15) is 0 Å². The van der Waals surface area contributed by atoms with Crippen molar-refractivity contribution in [3.63, 3.8) is 0 Å². The molecule has 0 unspecified atom stereocenters. The first-order valence-corrected chi connectivity index (χ1v) is 6.59. The number of fused-ring (bicyclic) bond motifs is 1. The van der Waals surface area contributed by atoms with Crippen LogP contribution < -0.4 is 4.74 Å². The molecular weight excluding hydrogens is 226 g/mol. The maximum Gasteiger partial charge on any atom is 0.122 e. The van der Waals surface area contributed by atoms with E-state index in [1.165, 1.54) is 16.8 Å². The van der Waals surface area contributed by atoms with Gasteiger partial charge in [-0.3, -0.25) is 0 Å². The Hall–Kier alpha value is -1.48. The molecule has 0 saturated carbocycles. The first-order chi connectivity index (χ1) is 8.90. The molecule has 0 spiro atoms. The van der Waals surface area contributed by atoms with Gasteiger partial charge in [-0.15, -0.1) is 0 Å². The Balaban J connectivity index is 1.96. The summed E-state index contributed by atoms with van der Waals surface area (Å²) in [5, 5.41) is 0. The van der Waals surface area contributed by atoms with Crippen LogP contribution in [0.4, 0.5) is 0 Å². The van der Waals surface area contributed by atoms with E-state index in [4.69, 9.17) is 9.47 Å². The van der Waals surface area contributed by atoms with Crippen LogP contribution >= 0.6 is 0 Å². The monoisotopic (exact) mass is 245 g/mol. The predicted octanol–water partition coefficient (Wildman–Crippen LogP) is 2.31. The van der Waals surface area contributed by atoms with E-state index in [-0.39, 0.29) is 0 Å². The number of rotatable bonds is 2. The lowest BCUT2D eigenvalue weighted by atomic mass is 9.93. The molecule has 1 aliphatic carbocycles. The maximum absolute atomic E-state index is 5.48. The average molecular weight is 245 g/mol. The highest BCUT2D eigenvalue weighted by atomic mass is 16.5. The Morgan fingerprint density at radius 2 is 2.06 bits per heavy atom. The van der Waals surface area contributed by atoms with Gasteiger partial charge >= 0.3 is 0 Å². The fraction of sp³-hybridized carbons (Fsp3) is 0.467. The Kier molecular flexibility index (Phi) is 3.24. The quantitative estimate of drug-likeness (QED) is 0.798. The number of benzene rings is 1. The van der Waals surface area contributed by atoms with Gasteiger partial charge in [0.1, 0.15) is 5.75 Å². The molecule has 2 aliphatic rings. The van der Waals surface area contributed by atoms with Gasteiger partial charge < -0.3 is 14.4 Å². The van der Waals surface area contributed by atoms with Gasteiger partial charge in [0.25, 0.3) is 0 Å². The molecule has 0 aromatic heterocycles. The van der Waals surface area contributed by atoms with E-state index in [2.05, 4.69) is 29.2 Å². The molecule has 3 nitrogen and oxygen atoms in total. The molecule has 0 amide bonds. The van der Waals surface area contributed by atoms with Crippen LogP contribution in [-0.4, -0.2) is 38.3 Å². The first kappa shape index (κ1) is 11.6. The third-order valence-corrected chi connectivity index (χ3v) is 3.71. The van der Waals surface area contributed by atoms with E-state index in [0.29, 0.717) is 0 Å². The van der Waals surface area contributed by atoms with Crippen LogP contribution in [0.1, 0.15) is 17.5 Å². The second-order valence-corrected chi connectivity index (χ2v) is 4.71. The largest absolute Gasteiger partial charge is 0.496 e. The number of ether oxygens (including phenoxy) is 2. The van der Waals surface area contributed by atoms with Crippen molar-refractivity contribution in [3.8, 4) is 5.75 Å². The van der Waals surface area contributed by atoms with E-state index >= 15 is 0 Å². The minimum Gasteiger partial charge on any atom is -0.496 e. The topological polar surface area (TPSA) is 21.7 Å². The van der Waals surface area contributed by atoms with Crippen molar-refractivity contribution >= 4 is 5.70 Å². The average Bonchev–Trinajstić information content (AvgIpc) is 2.47. The minimum absolute atomic E-state index is 0.830. The Labute approximate surface area is 108 Å². The van der Waals surface area contributed by atoms with Crippen molar-refractivity contribution in [1.29, 1.82) is 0 Å². The molecule has 0 bridgehead atoms. The van der Waals surface area contributed by atoms with Crippen molar-refractivity contribution in [2.45, 2.75) is 12.8 Å². The van der Waals surface area contributed by atoms with Crippen molar-refractivity contribution in [3.05, 3.63) is 35.4 Å². The van der Waals surface area contributed by atoms with Crippen molar-refractivity contribution < 1.29 is 9.47 Å². The molecule has 18 heavy (non-hydrogen) atoms. The number of hydrogen-bond acceptors (Lipinski definition) is 3. The predicted molar refractivity (Wildman–Crippen MR) is 71.7 cm³/mol. The molecule has 0 N–H and O–H groups in total. The lowest BCUT2D eigenvalue weighted by Crippen LogP contribution is -2.35. The molecule has 1 aromatic rings. The van der Waals surface area contributed by atoms with E-state index in [0.717, 1.165) is 44.9 Å². The van der Waals surface area contributed by atoms with Crippen LogP contribution in [0.15, 0.2) is 24.3 Å². The Morgan fingerprint density at radius 3 is 2.83 bits per heavy atom. The summed E-state index contributed by atoms with van der Waals surface area (Å²) in [4.78, 5) is 2.43. The van der Waals surface area contributed by atoms with Gasteiger partial charge in [-0.25, -0.2) is 0 Å². The molecule has 1 aromatic carbocycles. The number of hydrogen-bond donors (Lipinski definition) is 0. The van der Waals surface area contributed by atoms with Crippen LogP contribution in [0.25, 0.3) is 5.70 Å². The summed E-state index contributed by atoms with van der Waals surface area (Å²) in [6, 6.07) is 6.34. The third kappa shape index (κ3) is 1.99. The first-order valence-electron chi connectivity index (χ1n) is 6.59. The third-order valence-electron chi connectivity index (χ3n) is 3.71. The minimum atomic E-state index is 0.830. The van der Waals surface area contributed by atoms with Crippen molar-refractivity contribution in [1.82, 2.24) is 4.90 Å². The van der Waals surface area contributed by atoms with Crippen LogP contribution in [0.2, 0.25) is 0 Å². The SMILES string of the molecule is COc1cccc2c1CCC=C2N1CCOCC1. The standard InChI is InChI=1S/C15H19NO2/c1-17-15-7-3-4-12-13(15)5-2-6-14(12)16-8-10-18-11-9-16/h3-4,6-7H,2,5,8-11H2,1H3. The molecule has 0 radical (unpaired) electrons. The van der Waals surface area contributed by atoms with Crippen molar-refractivity contribution in [2.24, 2.45) is 0 Å². The zero-order chi connectivity index (χ0) is 12.4. The fourth-order valence-corrected chi connectivity index (χ4v) is 2.82. The summed E-state index contributed by atoms with van der Waals surface area (Å²) < 4.78 is 10.9. The molecule has 96 valence electrons. The number of allylic oxidation sites excluding steroid dienone is 1. The Bertz CT molecular complexity index is 462. The van der Waals surface area contributed by atoms with Crippen LogP contribution in [0, 0.1) is 0 Å². The summed E-state index contributed by atoms with van der Waals surface area (Å²) in [5.74, 6) is 1.02. The normalized spacial score (nSPS) is 19.2. The Morgan fingerprint density at radius 1 is 1.22 bits per heavy atom. The lowest BCUT2D eigenvalue weighted by molar-refractivity contribution is 0.0637. The highest BCUT2D eigenvalue weighted by Gasteiger charge is 2.21. The fourth-order valence-electron chi connectivity index (χ4n) is 2.82. The summed E-state index contributed by atoms with van der Waals surface area (Å²) >= 11 is 0. The lowest BCUT2D eigenvalue weighted by Gasteiger charge is -2.34. The van der Waals surface area contributed by atoms with Gasteiger partial charge in [-0.2, -0.15) is 0 Å². The second-order valence-electron chi connectivity index (χ2n) is 4.71. The van der Waals surface area contributed by atoms with Gasteiger partial charge in [-0.05, 0) is 18.9 Å². The smallest absolute Gasteiger partial charge is 0.122 e. The summed E-state index contributed by atoms with van der Waals surface area (Å²) in [6.07, 6.45) is 4.53. The molecule has 3 heteroatoms. The van der Waals surface area contributed by atoms with Crippen LogP contribution in [-0.2, 0) is 11.2 Å².